The molecule has 272 valence electrons. The number of para-hydroxylation sites is 1. The zero-order valence-electron chi connectivity index (χ0n) is 32.7. The number of benzene rings is 7. The van der Waals surface area contributed by atoms with E-state index < -0.39 is 0 Å². The lowest BCUT2D eigenvalue weighted by Crippen LogP contribution is -1.99. The lowest BCUT2D eigenvalue weighted by molar-refractivity contribution is 0.101. The summed E-state index contributed by atoms with van der Waals surface area (Å²) in [6, 6.07) is 54.0. The number of rotatable bonds is 9. The van der Waals surface area contributed by atoms with Gasteiger partial charge in [-0.1, -0.05) is 140 Å². The number of carbonyl (C=O) groups excluding carboxylic acids is 1. The molecule has 0 N–H and O–H groups in total. The molecule has 0 aliphatic carbocycles. The highest BCUT2D eigenvalue weighted by Gasteiger charge is 2.18. The molecule has 0 saturated carbocycles. The van der Waals surface area contributed by atoms with Crippen LogP contribution in [0, 0.1) is 27.7 Å². The Morgan fingerprint density at radius 1 is 0.518 bits per heavy atom. The van der Waals surface area contributed by atoms with Crippen molar-refractivity contribution in [2.45, 2.75) is 34.6 Å². The summed E-state index contributed by atoms with van der Waals surface area (Å²) in [7, 11) is 0. The number of ketones is 1. The number of aryl methyl sites for hydroxylation is 3. The molecular formula is C54H45NO. The Hall–Kier alpha value is -6.77. The van der Waals surface area contributed by atoms with Gasteiger partial charge >= 0.3 is 0 Å². The fourth-order valence-corrected chi connectivity index (χ4v) is 8.21. The van der Waals surface area contributed by atoms with Gasteiger partial charge in [-0.2, -0.15) is 0 Å². The normalized spacial score (nSPS) is 11.4. The first-order valence-corrected chi connectivity index (χ1v) is 19.3. The van der Waals surface area contributed by atoms with E-state index in [9.17, 15) is 4.79 Å². The zero-order valence-corrected chi connectivity index (χ0v) is 32.7. The van der Waals surface area contributed by atoms with Gasteiger partial charge in [-0.05, 0) is 149 Å². The smallest absolute Gasteiger partial charge is 0.160 e. The molecule has 8 rings (SSSR count). The fraction of sp³-hybridized carbons (Fsp3) is 0.0926. The van der Waals surface area contributed by atoms with Crippen LogP contribution in [-0.4, -0.2) is 10.4 Å². The first-order valence-electron chi connectivity index (χ1n) is 19.3. The van der Waals surface area contributed by atoms with Gasteiger partial charge in [-0.25, -0.2) is 0 Å². The Balaban J connectivity index is 1.10. The average molecular weight is 724 g/mol. The molecule has 7 aromatic carbocycles. The Morgan fingerprint density at radius 3 is 1.82 bits per heavy atom. The molecule has 2 nitrogen and oxygen atoms in total. The van der Waals surface area contributed by atoms with E-state index in [1.807, 2.05) is 18.2 Å². The maximum atomic E-state index is 13.3. The van der Waals surface area contributed by atoms with Crippen LogP contribution < -0.4 is 0 Å². The number of hydrogen-bond acceptors (Lipinski definition) is 1. The summed E-state index contributed by atoms with van der Waals surface area (Å²) < 4.78 is 2.30. The molecule has 0 aliphatic rings. The first-order chi connectivity index (χ1) is 27.2. The molecule has 0 spiro atoms. The van der Waals surface area contributed by atoms with Crippen LogP contribution >= 0.6 is 0 Å². The van der Waals surface area contributed by atoms with Gasteiger partial charge in [-0.15, -0.1) is 0 Å². The van der Waals surface area contributed by atoms with Gasteiger partial charge in [0.1, 0.15) is 0 Å². The van der Waals surface area contributed by atoms with Crippen LogP contribution in [0.2, 0.25) is 0 Å². The molecular weight excluding hydrogens is 679 g/mol. The summed E-state index contributed by atoms with van der Waals surface area (Å²) in [5, 5.41) is 1.17. The third-order valence-corrected chi connectivity index (χ3v) is 11.2. The molecule has 0 aliphatic heterocycles. The summed E-state index contributed by atoms with van der Waals surface area (Å²) in [5.74, 6) is 0.0482. The number of allylic oxidation sites excluding steroid dienone is 2. The number of Topliss-reactive ketones (excluding diaryl/α,β-unsaturated/α-hetero) is 1. The highest BCUT2D eigenvalue weighted by atomic mass is 16.1. The van der Waals surface area contributed by atoms with Gasteiger partial charge < -0.3 is 4.57 Å². The third kappa shape index (κ3) is 6.65. The summed E-state index contributed by atoms with van der Waals surface area (Å²) in [6.45, 7) is 14.3. The quantitative estimate of drug-likeness (QED) is 0.107. The van der Waals surface area contributed by atoms with Crippen molar-refractivity contribution >= 4 is 22.8 Å². The molecule has 8 aromatic rings. The second-order valence-corrected chi connectivity index (χ2v) is 14.7. The van der Waals surface area contributed by atoms with Gasteiger partial charge in [0.15, 0.2) is 5.78 Å². The third-order valence-electron chi connectivity index (χ3n) is 11.2. The van der Waals surface area contributed by atoms with Crippen LogP contribution in [0.25, 0.3) is 78.3 Å². The van der Waals surface area contributed by atoms with Crippen LogP contribution in [0.1, 0.15) is 45.2 Å². The highest BCUT2D eigenvalue weighted by molar-refractivity contribution is 6.03. The molecule has 0 fully saturated rings. The van der Waals surface area contributed by atoms with Crippen LogP contribution in [0.3, 0.4) is 0 Å². The van der Waals surface area contributed by atoms with Crippen molar-refractivity contribution in [2.75, 3.05) is 0 Å². The van der Waals surface area contributed by atoms with Crippen LogP contribution in [-0.2, 0) is 0 Å². The first kappa shape index (κ1) is 36.2. The Kier molecular flexibility index (Phi) is 9.81. The van der Waals surface area contributed by atoms with Gasteiger partial charge in [-0.3, -0.25) is 4.79 Å². The standard InChI is InChI=1S/C54H45NO/c1-7-8-21-53-38(5)51-33-44(28-31-54(51)55(53)45-16-10-9-11-17-45)43-27-30-50(52(34-43)39(6)56)47-29-26-42(32-36(47)3)40-22-24-41(25-23-40)48-19-14-20-49(37(48)4)46-18-13-12-15-35(46)2/h7-34H,1H2,2-6H3/b21-8-. The molecule has 1 heterocycles. The average Bonchev–Trinajstić information content (AvgIpc) is 3.50. The minimum atomic E-state index is 0.0482. The minimum Gasteiger partial charge on any atom is -0.310 e. The van der Waals surface area contributed by atoms with E-state index in [1.165, 1.54) is 44.3 Å². The second-order valence-electron chi connectivity index (χ2n) is 14.7. The predicted molar refractivity (Wildman–Crippen MR) is 239 cm³/mol. The molecule has 0 bridgehead atoms. The van der Waals surface area contributed by atoms with E-state index in [2.05, 4.69) is 191 Å². The Morgan fingerprint density at radius 2 is 1.11 bits per heavy atom. The summed E-state index contributed by atoms with van der Waals surface area (Å²) in [5.41, 5.74) is 20.4. The number of hydrogen-bond donors (Lipinski definition) is 0. The van der Waals surface area contributed by atoms with Crippen LogP contribution in [0.4, 0.5) is 0 Å². The van der Waals surface area contributed by atoms with Crippen molar-refractivity contribution in [3.63, 3.8) is 0 Å². The molecule has 0 unspecified atom stereocenters. The second kappa shape index (κ2) is 15.2. The van der Waals surface area contributed by atoms with E-state index in [0.717, 1.165) is 61.4 Å². The SMILES string of the molecule is C=C/C=C\c1c(C)c2cc(-c3ccc(-c4ccc(-c5ccc(-c6cccc(-c7ccccc7C)c6C)cc5)cc4C)c(C(C)=O)c3)ccc2n1-c1ccccc1. The number of carbonyl (C=O) groups is 1. The molecule has 56 heavy (non-hydrogen) atoms. The number of aromatic nitrogens is 1. The fourth-order valence-electron chi connectivity index (χ4n) is 8.21. The number of fused-ring (bicyclic) bond motifs is 1. The lowest BCUT2D eigenvalue weighted by Gasteiger charge is -2.15. The molecule has 1 aromatic heterocycles. The summed E-state index contributed by atoms with van der Waals surface area (Å²) in [6.07, 6.45) is 5.91. The maximum Gasteiger partial charge on any atom is 0.160 e. The lowest BCUT2D eigenvalue weighted by atomic mass is 9.89. The van der Waals surface area contributed by atoms with E-state index in [0.29, 0.717) is 0 Å². The van der Waals surface area contributed by atoms with Gasteiger partial charge in [0.2, 0.25) is 0 Å². The van der Waals surface area contributed by atoms with E-state index in [1.54, 1.807) is 6.92 Å². The Bertz CT molecular complexity index is 2810. The number of nitrogens with zero attached hydrogens (tertiary/aromatic N) is 1. The predicted octanol–water partition coefficient (Wildman–Crippen LogP) is 14.6. The summed E-state index contributed by atoms with van der Waals surface area (Å²) in [4.78, 5) is 13.3. The highest BCUT2D eigenvalue weighted by Crippen LogP contribution is 2.38. The van der Waals surface area contributed by atoms with E-state index >= 15 is 0 Å². The van der Waals surface area contributed by atoms with Crippen molar-refractivity contribution < 1.29 is 4.79 Å². The van der Waals surface area contributed by atoms with Crippen LogP contribution in [0.5, 0.6) is 0 Å². The topological polar surface area (TPSA) is 22.0 Å². The van der Waals surface area contributed by atoms with Crippen molar-refractivity contribution in [1.29, 1.82) is 0 Å². The molecule has 0 radical (unpaired) electrons. The molecule has 0 atom stereocenters. The van der Waals surface area contributed by atoms with Gasteiger partial charge in [0.25, 0.3) is 0 Å². The van der Waals surface area contributed by atoms with E-state index in [4.69, 9.17) is 0 Å². The van der Waals surface area contributed by atoms with Crippen molar-refractivity contribution in [3.05, 3.63) is 204 Å². The summed E-state index contributed by atoms with van der Waals surface area (Å²) >= 11 is 0. The molecule has 0 saturated heterocycles. The van der Waals surface area contributed by atoms with Crippen molar-refractivity contribution in [2.24, 2.45) is 0 Å². The van der Waals surface area contributed by atoms with Crippen molar-refractivity contribution in [1.82, 2.24) is 4.57 Å². The van der Waals surface area contributed by atoms with Crippen molar-refractivity contribution in [3.8, 4) is 61.3 Å². The maximum absolute atomic E-state index is 13.3. The molecule has 0 amide bonds. The Labute approximate surface area is 330 Å². The molecule has 2 heteroatoms. The van der Waals surface area contributed by atoms with Gasteiger partial charge in [0, 0.05) is 22.3 Å². The van der Waals surface area contributed by atoms with E-state index in [-0.39, 0.29) is 5.78 Å². The van der Waals surface area contributed by atoms with Crippen LogP contribution in [0.15, 0.2) is 170 Å². The monoisotopic (exact) mass is 723 g/mol. The largest absolute Gasteiger partial charge is 0.310 e. The minimum absolute atomic E-state index is 0.0482. The zero-order chi connectivity index (χ0) is 38.9. The van der Waals surface area contributed by atoms with Gasteiger partial charge in [0.05, 0.1) is 5.52 Å².